The topological polar surface area (TPSA) is 45.7 Å². The minimum Gasteiger partial charge on any atom is -0.486 e. The number of rotatable bonds is 4. The molecular weight excluding hydrogens is 358 g/mol. The van der Waals surface area contributed by atoms with Crippen molar-refractivity contribution < 1.29 is 9.53 Å². The molecule has 0 radical (unpaired) electrons. The molecule has 7 heteroatoms. The van der Waals surface area contributed by atoms with Crippen LogP contribution in [0.15, 0.2) is 24.3 Å². The van der Waals surface area contributed by atoms with Crippen LogP contribution >= 0.6 is 22.9 Å². The van der Waals surface area contributed by atoms with Crippen LogP contribution in [-0.4, -0.2) is 53.9 Å². The Morgan fingerprint density at radius 3 is 2.76 bits per heavy atom. The highest BCUT2D eigenvalue weighted by Crippen LogP contribution is 2.23. The number of nitrogens with zero attached hydrogens (tertiary/aromatic N) is 3. The standard InChI is InChI=1S/C18H22ClN3O2S/c1-13-17(18(23)22-9-3-8-21(2)10-11-22)25-16(20-13)12-24-15-6-4-14(19)5-7-15/h4-7H,3,8-12H2,1-2H3. The Kier molecular flexibility index (Phi) is 5.93. The number of carbonyl (C=O) groups is 1. The van der Waals surface area contributed by atoms with E-state index in [0.29, 0.717) is 11.6 Å². The van der Waals surface area contributed by atoms with Crippen LogP contribution < -0.4 is 4.74 Å². The van der Waals surface area contributed by atoms with E-state index in [9.17, 15) is 4.79 Å². The summed E-state index contributed by atoms with van der Waals surface area (Å²) in [4.78, 5) is 22.3. The molecule has 2 heterocycles. The number of aromatic nitrogens is 1. The second kappa shape index (κ2) is 8.17. The predicted octanol–water partition coefficient (Wildman–Crippen LogP) is 3.46. The van der Waals surface area contributed by atoms with E-state index in [-0.39, 0.29) is 5.91 Å². The Morgan fingerprint density at radius 1 is 1.24 bits per heavy atom. The molecule has 3 rings (SSSR count). The molecule has 0 aliphatic carbocycles. The summed E-state index contributed by atoms with van der Waals surface area (Å²) in [5.41, 5.74) is 0.780. The maximum absolute atomic E-state index is 12.8. The molecule has 2 aromatic rings. The van der Waals surface area contributed by atoms with Crippen molar-refractivity contribution in [2.75, 3.05) is 33.2 Å². The van der Waals surface area contributed by atoms with E-state index in [4.69, 9.17) is 16.3 Å². The number of ether oxygens (including phenoxy) is 1. The highest BCUT2D eigenvalue weighted by atomic mass is 35.5. The zero-order chi connectivity index (χ0) is 17.8. The molecule has 0 N–H and O–H groups in total. The highest BCUT2D eigenvalue weighted by molar-refractivity contribution is 7.13. The van der Waals surface area contributed by atoms with Gasteiger partial charge < -0.3 is 14.5 Å². The van der Waals surface area contributed by atoms with Crippen molar-refractivity contribution >= 4 is 28.8 Å². The lowest BCUT2D eigenvalue weighted by atomic mass is 10.3. The van der Waals surface area contributed by atoms with Crippen LogP contribution in [0.2, 0.25) is 5.02 Å². The van der Waals surface area contributed by atoms with Crippen molar-refractivity contribution in [3.05, 3.63) is 44.9 Å². The van der Waals surface area contributed by atoms with Crippen molar-refractivity contribution in [1.82, 2.24) is 14.8 Å². The van der Waals surface area contributed by atoms with E-state index in [1.165, 1.54) is 11.3 Å². The van der Waals surface area contributed by atoms with Crippen molar-refractivity contribution in [3.63, 3.8) is 0 Å². The summed E-state index contributed by atoms with van der Waals surface area (Å²) < 4.78 is 5.73. The largest absolute Gasteiger partial charge is 0.486 e. The summed E-state index contributed by atoms with van der Waals surface area (Å²) >= 11 is 7.30. The summed E-state index contributed by atoms with van der Waals surface area (Å²) in [7, 11) is 2.10. The Morgan fingerprint density at radius 2 is 2.00 bits per heavy atom. The maximum Gasteiger partial charge on any atom is 0.265 e. The van der Waals surface area contributed by atoms with Crippen molar-refractivity contribution in [1.29, 1.82) is 0 Å². The number of hydrogen-bond donors (Lipinski definition) is 0. The zero-order valence-electron chi connectivity index (χ0n) is 14.5. The highest BCUT2D eigenvalue weighted by Gasteiger charge is 2.23. The third-order valence-electron chi connectivity index (χ3n) is 4.22. The van der Waals surface area contributed by atoms with Gasteiger partial charge in [-0.25, -0.2) is 4.98 Å². The quantitative estimate of drug-likeness (QED) is 0.816. The van der Waals surface area contributed by atoms with Gasteiger partial charge in [0.25, 0.3) is 5.91 Å². The number of likely N-dealkylation sites (N-methyl/N-ethyl adjacent to an activating group) is 1. The van der Waals surface area contributed by atoms with Gasteiger partial charge in [0.1, 0.15) is 22.2 Å². The van der Waals surface area contributed by atoms with Crippen LogP contribution in [0, 0.1) is 6.92 Å². The molecule has 0 unspecified atom stereocenters. The SMILES string of the molecule is Cc1nc(COc2ccc(Cl)cc2)sc1C(=O)N1CCCN(C)CC1. The Bertz CT molecular complexity index is 732. The Balaban J connectivity index is 1.65. The van der Waals surface area contributed by atoms with Gasteiger partial charge in [-0.1, -0.05) is 11.6 Å². The molecule has 0 atom stereocenters. The minimum atomic E-state index is 0.0862. The molecule has 1 amide bonds. The van der Waals surface area contributed by atoms with Gasteiger partial charge in [-0.2, -0.15) is 0 Å². The first kappa shape index (κ1) is 18.2. The average molecular weight is 380 g/mol. The van der Waals surface area contributed by atoms with Gasteiger partial charge in [0.05, 0.1) is 5.69 Å². The smallest absolute Gasteiger partial charge is 0.265 e. The van der Waals surface area contributed by atoms with Gasteiger partial charge >= 0.3 is 0 Å². The van der Waals surface area contributed by atoms with Gasteiger partial charge in [0, 0.05) is 24.7 Å². The summed E-state index contributed by atoms with van der Waals surface area (Å²) in [6.45, 7) is 5.75. The zero-order valence-corrected chi connectivity index (χ0v) is 16.1. The number of aryl methyl sites for hydroxylation is 1. The van der Waals surface area contributed by atoms with Crippen molar-refractivity contribution in [2.45, 2.75) is 20.0 Å². The second-order valence-corrected chi connectivity index (χ2v) is 7.73. The van der Waals surface area contributed by atoms with Crippen LogP contribution in [0.5, 0.6) is 5.75 Å². The van der Waals surface area contributed by atoms with E-state index in [2.05, 4.69) is 16.9 Å². The van der Waals surface area contributed by atoms with Gasteiger partial charge in [-0.05, 0) is 51.2 Å². The molecule has 1 aromatic carbocycles. The molecular formula is C18H22ClN3O2S. The summed E-state index contributed by atoms with van der Waals surface area (Å²) in [6, 6.07) is 7.22. The number of amides is 1. The van der Waals surface area contributed by atoms with Crippen LogP contribution in [0.25, 0.3) is 0 Å². The van der Waals surface area contributed by atoms with E-state index < -0.39 is 0 Å². The Hall–Kier alpha value is -1.63. The van der Waals surface area contributed by atoms with Gasteiger partial charge in [-0.15, -0.1) is 11.3 Å². The van der Waals surface area contributed by atoms with Crippen molar-refractivity contribution in [2.24, 2.45) is 0 Å². The lowest BCUT2D eigenvalue weighted by Crippen LogP contribution is -2.34. The summed E-state index contributed by atoms with van der Waals surface area (Å²) in [5, 5.41) is 1.48. The van der Waals surface area contributed by atoms with E-state index in [1.807, 2.05) is 24.0 Å². The third-order valence-corrected chi connectivity index (χ3v) is 5.59. The van der Waals surface area contributed by atoms with Crippen LogP contribution in [0.1, 0.15) is 26.8 Å². The first-order valence-electron chi connectivity index (χ1n) is 8.35. The molecule has 1 aromatic heterocycles. The van der Waals surface area contributed by atoms with Crippen LogP contribution in [0.4, 0.5) is 0 Å². The van der Waals surface area contributed by atoms with Crippen molar-refractivity contribution in [3.8, 4) is 5.75 Å². The monoisotopic (exact) mass is 379 g/mol. The summed E-state index contributed by atoms with van der Waals surface area (Å²) in [6.07, 6.45) is 1.01. The van der Waals surface area contributed by atoms with E-state index in [1.54, 1.807) is 12.1 Å². The van der Waals surface area contributed by atoms with Crippen LogP contribution in [0.3, 0.4) is 0 Å². The molecule has 1 saturated heterocycles. The maximum atomic E-state index is 12.8. The van der Waals surface area contributed by atoms with Crippen LogP contribution in [-0.2, 0) is 6.61 Å². The Labute approximate surface area is 157 Å². The molecule has 0 saturated carbocycles. The fourth-order valence-electron chi connectivity index (χ4n) is 2.78. The predicted molar refractivity (Wildman–Crippen MR) is 101 cm³/mol. The first-order valence-corrected chi connectivity index (χ1v) is 9.55. The molecule has 1 aliphatic rings. The molecule has 1 aliphatic heterocycles. The molecule has 0 bridgehead atoms. The van der Waals surface area contributed by atoms with E-state index >= 15 is 0 Å². The fourth-order valence-corrected chi connectivity index (χ4v) is 3.85. The van der Waals surface area contributed by atoms with Gasteiger partial charge in [0.15, 0.2) is 0 Å². The molecule has 25 heavy (non-hydrogen) atoms. The number of benzene rings is 1. The van der Waals surface area contributed by atoms with Gasteiger partial charge in [0.2, 0.25) is 0 Å². The fraction of sp³-hybridized carbons (Fsp3) is 0.444. The normalized spacial score (nSPS) is 15.9. The molecule has 5 nitrogen and oxygen atoms in total. The van der Waals surface area contributed by atoms with E-state index in [0.717, 1.165) is 53.9 Å². The number of thiazole rings is 1. The third kappa shape index (κ3) is 4.71. The minimum absolute atomic E-state index is 0.0862. The lowest BCUT2D eigenvalue weighted by Gasteiger charge is -2.19. The number of halogens is 1. The average Bonchev–Trinajstić information content (AvgIpc) is 2.83. The first-order chi connectivity index (χ1) is 12.0. The number of hydrogen-bond acceptors (Lipinski definition) is 5. The van der Waals surface area contributed by atoms with Gasteiger partial charge in [-0.3, -0.25) is 4.79 Å². The molecule has 0 spiro atoms. The number of carbonyl (C=O) groups excluding carboxylic acids is 1. The molecule has 134 valence electrons. The second-order valence-electron chi connectivity index (χ2n) is 6.21. The lowest BCUT2D eigenvalue weighted by molar-refractivity contribution is 0.0766. The summed E-state index contributed by atoms with van der Waals surface area (Å²) in [5.74, 6) is 0.823. The molecule has 1 fully saturated rings.